The molecule has 2 fully saturated rings. The fourth-order valence-corrected chi connectivity index (χ4v) is 3.66. The second-order valence-electron chi connectivity index (χ2n) is 6.85. The van der Waals surface area contributed by atoms with Crippen molar-refractivity contribution in [2.24, 2.45) is 13.0 Å². The molecule has 8 nitrogen and oxygen atoms in total. The van der Waals surface area contributed by atoms with Crippen molar-refractivity contribution in [2.45, 2.75) is 12.5 Å². The molecule has 2 saturated heterocycles. The number of nitrogens with zero attached hydrogens (tertiary/aromatic N) is 4. The Labute approximate surface area is 151 Å². The highest BCUT2D eigenvalue weighted by Crippen LogP contribution is 2.25. The third-order valence-electron chi connectivity index (χ3n) is 5.00. The number of aryl methyl sites for hydroxylation is 1. The summed E-state index contributed by atoms with van der Waals surface area (Å²) in [5.41, 5.74) is 0.764. The number of ether oxygens (including phenoxy) is 1. The summed E-state index contributed by atoms with van der Waals surface area (Å²) in [5, 5.41) is 4.27. The van der Waals surface area contributed by atoms with Gasteiger partial charge in [-0.2, -0.15) is 5.10 Å². The van der Waals surface area contributed by atoms with Crippen molar-refractivity contribution in [1.29, 1.82) is 0 Å². The standard InChI is InChI=1S/C18H22N4O4/c1-20-5-4-14(19-20)9-17(23)22-11-13-10-21(6-8-26-16(13)12-22)18(24)15-3-2-7-25-15/h2-5,7,13,16H,6,8-12H2,1H3/t13-,16+/m0/s1. The number of hydrogen-bond donors (Lipinski definition) is 0. The first-order valence-corrected chi connectivity index (χ1v) is 8.81. The molecule has 0 N–H and O–H groups in total. The fraction of sp³-hybridized carbons (Fsp3) is 0.500. The van der Waals surface area contributed by atoms with Crippen molar-refractivity contribution < 1.29 is 18.7 Å². The Kier molecular flexibility index (Phi) is 4.50. The van der Waals surface area contributed by atoms with Gasteiger partial charge in [0.25, 0.3) is 5.91 Å². The number of amides is 2. The summed E-state index contributed by atoms with van der Waals surface area (Å²) < 4.78 is 12.8. The van der Waals surface area contributed by atoms with Crippen LogP contribution in [-0.2, 0) is 23.0 Å². The molecule has 2 aromatic heterocycles. The topological polar surface area (TPSA) is 80.8 Å². The van der Waals surface area contributed by atoms with Crippen LogP contribution >= 0.6 is 0 Å². The second kappa shape index (κ2) is 6.95. The van der Waals surface area contributed by atoms with Gasteiger partial charge in [0.05, 0.1) is 31.1 Å². The minimum atomic E-state index is -0.127. The Hall–Kier alpha value is -2.61. The number of carbonyl (C=O) groups excluding carboxylic acids is 2. The molecule has 2 atom stereocenters. The lowest BCUT2D eigenvalue weighted by molar-refractivity contribution is -0.130. The van der Waals surface area contributed by atoms with Gasteiger partial charge in [-0.05, 0) is 18.2 Å². The molecule has 0 radical (unpaired) electrons. The van der Waals surface area contributed by atoms with Crippen LogP contribution in [0.5, 0.6) is 0 Å². The van der Waals surface area contributed by atoms with E-state index in [0.29, 0.717) is 38.5 Å². The molecule has 0 aliphatic carbocycles. The number of fused-ring (bicyclic) bond motifs is 1. The maximum Gasteiger partial charge on any atom is 0.289 e. The van der Waals surface area contributed by atoms with Crippen LogP contribution in [0.25, 0.3) is 0 Å². The van der Waals surface area contributed by atoms with Crippen LogP contribution in [0, 0.1) is 5.92 Å². The minimum Gasteiger partial charge on any atom is -0.459 e. The molecule has 138 valence electrons. The summed E-state index contributed by atoms with van der Waals surface area (Å²) in [4.78, 5) is 28.7. The Bertz CT molecular complexity index is 785. The maximum absolute atomic E-state index is 12.6. The molecule has 4 heterocycles. The number of aromatic nitrogens is 2. The normalized spacial score (nSPS) is 23.0. The Balaban J connectivity index is 1.39. The lowest BCUT2D eigenvalue weighted by atomic mass is 10.1. The summed E-state index contributed by atoms with van der Waals surface area (Å²) in [6.45, 7) is 2.74. The Morgan fingerprint density at radius 2 is 2.08 bits per heavy atom. The Morgan fingerprint density at radius 1 is 1.23 bits per heavy atom. The molecule has 2 aliphatic heterocycles. The first-order chi connectivity index (χ1) is 12.6. The van der Waals surface area contributed by atoms with E-state index in [2.05, 4.69) is 5.10 Å². The third kappa shape index (κ3) is 3.37. The molecule has 0 aromatic carbocycles. The van der Waals surface area contributed by atoms with Gasteiger partial charge in [0.15, 0.2) is 5.76 Å². The van der Waals surface area contributed by atoms with Crippen molar-refractivity contribution in [1.82, 2.24) is 19.6 Å². The molecular weight excluding hydrogens is 336 g/mol. The van der Waals surface area contributed by atoms with Crippen LogP contribution in [-0.4, -0.2) is 70.3 Å². The molecule has 0 bridgehead atoms. The smallest absolute Gasteiger partial charge is 0.289 e. The van der Waals surface area contributed by atoms with E-state index in [1.165, 1.54) is 6.26 Å². The van der Waals surface area contributed by atoms with Crippen molar-refractivity contribution in [3.63, 3.8) is 0 Å². The summed E-state index contributed by atoms with van der Waals surface area (Å²) in [5.74, 6) is 0.371. The summed E-state index contributed by atoms with van der Waals surface area (Å²) >= 11 is 0. The average Bonchev–Trinajstić information content (AvgIpc) is 3.34. The molecular formula is C18H22N4O4. The lowest BCUT2D eigenvalue weighted by Crippen LogP contribution is -2.38. The van der Waals surface area contributed by atoms with Crippen LogP contribution < -0.4 is 0 Å². The molecule has 2 aliphatic rings. The molecule has 0 unspecified atom stereocenters. The van der Waals surface area contributed by atoms with Gasteiger partial charge in [-0.25, -0.2) is 0 Å². The fourth-order valence-electron chi connectivity index (χ4n) is 3.66. The van der Waals surface area contributed by atoms with Gasteiger partial charge in [-0.3, -0.25) is 14.3 Å². The predicted molar refractivity (Wildman–Crippen MR) is 91.3 cm³/mol. The molecule has 0 spiro atoms. The number of hydrogen-bond acceptors (Lipinski definition) is 5. The molecule has 0 saturated carbocycles. The number of rotatable bonds is 3. The van der Waals surface area contributed by atoms with Gasteiger partial charge in [-0.15, -0.1) is 0 Å². The van der Waals surface area contributed by atoms with E-state index >= 15 is 0 Å². The zero-order valence-electron chi connectivity index (χ0n) is 14.7. The molecule has 4 rings (SSSR count). The SMILES string of the molecule is Cn1ccc(CC(=O)N2C[C@@H]3CN(C(=O)c4ccco4)CCO[C@@H]3C2)n1. The molecule has 8 heteroatoms. The van der Waals surface area contributed by atoms with Gasteiger partial charge in [0.1, 0.15) is 0 Å². The number of furan rings is 1. The lowest BCUT2D eigenvalue weighted by Gasteiger charge is -2.22. The highest BCUT2D eigenvalue weighted by atomic mass is 16.5. The molecule has 26 heavy (non-hydrogen) atoms. The van der Waals surface area contributed by atoms with Gasteiger partial charge in [0, 0.05) is 45.3 Å². The average molecular weight is 358 g/mol. The zero-order chi connectivity index (χ0) is 18.1. The summed E-state index contributed by atoms with van der Waals surface area (Å²) in [6, 6.07) is 5.23. The zero-order valence-corrected chi connectivity index (χ0v) is 14.7. The predicted octanol–water partition coefficient (Wildman–Crippen LogP) is 0.555. The third-order valence-corrected chi connectivity index (χ3v) is 5.00. The van der Waals surface area contributed by atoms with E-state index < -0.39 is 0 Å². The van der Waals surface area contributed by atoms with Crippen LogP contribution in [0.2, 0.25) is 0 Å². The van der Waals surface area contributed by atoms with Gasteiger partial charge >= 0.3 is 0 Å². The highest BCUT2D eigenvalue weighted by molar-refractivity contribution is 5.91. The Morgan fingerprint density at radius 3 is 2.81 bits per heavy atom. The largest absolute Gasteiger partial charge is 0.459 e. The quantitative estimate of drug-likeness (QED) is 0.801. The van der Waals surface area contributed by atoms with E-state index in [1.807, 2.05) is 24.2 Å². The van der Waals surface area contributed by atoms with Crippen molar-refractivity contribution >= 4 is 11.8 Å². The van der Waals surface area contributed by atoms with Crippen LogP contribution in [0.15, 0.2) is 35.1 Å². The van der Waals surface area contributed by atoms with E-state index in [1.54, 1.807) is 21.7 Å². The highest BCUT2D eigenvalue weighted by Gasteiger charge is 2.39. The first-order valence-electron chi connectivity index (χ1n) is 8.81. The van der Waals surface area contributed by atoms with Gasteiger partial charge < -0.3 is 19.0 Å². The van der Waals surface area contributed by atoms with Gasteiger partial charge in [0.2, 0.25) is 5.91 Å². The van der Waals surface area contributed by atoms with E-state index in [9.17, 15) is 9.59 Å². The van der Waals surface area contributed by atoms with E-state index in [-0.39, 0.29) is 30.3 Å². The van der Waals surface area contributed by atoms with E-state index in [0.717, 1.165) is 5.69 Å². The first kappa shape index (κ1) is 16.8. The number of likely N-dealkylation sites (tertiary alicyclic amines) is 1. The van der Waals surface area contributed by atoms with E-state index in [4.69, 9.17) is 9.15 Å². The summed E-state index contributed by atoms with van der Waals surface area (Å²) in [6.07, 6.45) is 3.59. The number of carbonyl (C=O) groups is 2. The second-order valence-corrected chi connectivity index (χ2v) is 6.85. The minimum absolute atomic E-state index is 0.0305. The maximum atomic E-state index is 12.6. The van der Waals surface area contributed by atoms with Crippen molar-refractivity contribution in [2.75, 3.05) is 32.8 Å². The molecule has 2 aromatic rings. The molecule has 2 amide bonds. The van der Waals surface area contributed by atoms with Crippen molar-refractivity contribution in [3.8, 4) is 0 Å². The van der Waals surface area contributed by atoms with Crippen LogP contribution in [0.3, 0.4) is 0 Å². The monoisotopic (exact) mass is 358 g/mol. The summed E-state index contributed by atoms with van der Waals surface area (Å²) in [7, 11) is 1.83. The van der Waals surface area contributed by atoms with Gasteiger partial charge in [-0.1, -0.05) is 0 Å². The van der Waals surface area contributed by atoms with Crippen LogP contribution in [0.4, 0.5) is 0 Å². The van der Waals surface area contributed by atoms with Crippen molar-refractivity contribution in [3.05, 3.63) is 42.1 Å². The van der Waals surface area contributed by atoms with Crippen LogP contribution in [0.1, 0.15) is 16.2 Å².